The van der Waals surface area contributed by atoms with E-state index in [0.717, 1.165) is 40.0 Å². The molecule has 2 aromatic carbocycles. The van der Waals surface area contributed by atoms with Crippen LogP contribution in [0.15, 0.2) is 42.5 Å². The minimum Gasteiger partial charge on any atom is -0.508 e. The summed E-state index contributed by atoms with van der Waals surface area (Å²) in [7, 11) is 0. The molecule has 4 bridgehead atoms. The van der Waals surface area contributed by atoms with Gasteiger partial charge >= 0.3 is 0 Å². The lowest BCUT2D eigenvalue weighted by atomic mass is 9.48. The monoisotopic (exact) mass is 346 g/mol. The number of aromatic hydroxyl groups is 1. The maximum Gasteiger partial charge on any atom is 0.159 e. The average Bonchev–Trinajstić information content (AvgIpc) is 2.61. The van der Waals surface area contributed by atoms with Crippen LogP contribution in [-0.2, 0) is 5.41 Å². The quantitative estimate of drug-likeness (QED) is 0.721. The fourth-order valence-corrected chi connectivity index (χ4v) is 6.50. The third-order valence-corrected chi connectivity index (χ3v) is 7.21. The number of phenolic OH excluding ortho intramolecular Hbond substituents is 1. The number of Topliss-reactive ketones (excluding diaryl/α,β-unsaturated/α-hetero) is 1. The van der Waals surface area contributed by atoms with E-state index in [2.05, 4.69) is 12.1 Å². The molecule has 26 heavy (non-hydrogen) atoms. The Bertz CT molecular complexity index is 844. The Morgan fingerprint density at radius 1 is 0.923 bits per heavy atom. The molecule has 0 spiro atoms. The van der Waals surface area contributed by atoms with E-state index in [1.807, 2.05) is 30.3 Å². The Kier molecular flexibility index (Phi) is 3.53. The Morgan fingerprint density at radius 3 is 2.15 bits per heavy atom. The van der Waals surface area contributed by atoms with E-state index < -0.39 is 0 Å². The van der Waals surface area contributed by atoms with E-state index >= 15 is 0 Å². The highest BCUT2D eigenvalue weighted by Gasteiger charge is 2.52. The summed E-state index contributed by atoms with van der Waals surface area (Å²) in [5.74, 6) is 3.10. The molecular formula is C24H26O2. The molecule has 0 saturated heterocycles. The van der Waals surface area contributed by atoms with Gasteiger partial charge in [-0.2, -0.15) is 0 Å². The lowest BCUT2D eigenvalue weighted by molar-refractivity contribution is -0.00611. The van der Waals surface area contributed by atoms with Crippen molar-refractivity contribution in [1.29, 1.82) is 0 Å². The standard InChI is InChI=1S/C24H26O2/c1-15(25)19-3-2-4-20(10-19)21-5-6-23(26)22(11-21)24-12-16-7-17(13-24)9-18(8-16)14-24/h2-6,10-11,16-18,26H,7-9,12-14H2,1H3. The highest BCUT2D eigenvalue weighted by Crippen LogP contribution is 2.62. The van der Waals surface area contributed by atoms with Crippen LogP contribution in [-0.4, -0.2) is 10.9 Å². The minimum atomic E-state index is 0.0898. The number of hydrogen-bond donors (Lipinski definition) is 1. The van der Waals surface area contributed by atoms with Gasteiger partial charge < -0.3 is 5.11 Å². The van der Waals surface area contributed by atoms with Crippen molar-refractivity contribution in [2.75, 3.05) is 0 Å². The van der Waals surface area contributed by atoms with E-state index in [1.165, 1.54) is 38.5 Å². The summed E-state index contributed by atoms with van der Waals surface area (Å²) in [5.41, 5.74) is 4.24. The minimum absolute atomic E-state index is 0.0898. The van der Waals surface area contributed by atoms with E-state index in [-0.39, 0.29) is 11.2 Å². The summed E-state index contributed by atoms with van der Waals surface area (Å²) in [6.45, 7) is 1.61. The lowest BCUT2D eigenvalue weighted by Gasteiger charge is -2.57. The van der Waals surface area contributed by atoms with Crippen molar-refractivity contribution >= 4 is 5.78 Å². The Balaban J connectivity index is 1.58. The van der Waals surface area contributed by atoms with Crippen LogP contribution in [0.1, 0.15) is 61.4 Å². The first kappa shape index (κ1) is 16.1. The van der Waals surface area contributed by atoms with Crippen LogP contribution in [0.25, 0.3) is 11.1 Å². The second kappa shape index (κ2) is 5.70. The molecular weight excluding hydrogens is 320 g/mol. The van der Waals surface area contributed by atoms with Gasteiger partial charge in [0.25, 0.3) is 0 Å². The van der Waals surface area contributed by atoms with E-state index in [0.29, 0.717) is 5.75 Å². The molecule has 4 aliphatic rings. The van der Waals surface area contributed by atoms with Gasteiger partial charge in [-0.05, 0) is 97.9 Å². The van der Waals surface area contributed by atoms with Crippen molar-refractivity contribution in [2.24, 2.45) is 17.8 Å². The zero-order valence-corrected chi connectivity index (χ0v) is 15.4. The molecule has 0 aromatic heterocycles. The summed E-state index contributed by atoms with van der Waals surface area (Å²) in [6, 6.07) is 13.9. The first-order chi connectivity index (χ1) is 12.5. The number of benzene rings is 2. The summed E-state index contributed by atoms with van der Waals surface area (Å²) in [5, 5.41) is 10.7. The molecule has 0 radical (unpaired) electrons. The Labute approximate surface area is 155 Å². The maximum atomic E-state index is 11.7. The smallest absolute Gasteiger partial charge is 0.159 e. The largest absolute Gasteiger partial charge is 0.508 e. The van der Waals surface area contributed by atoms with Crippen LogP contribution >= 0.6 is 0 Å². The predicted octanol–water partition coefficient (Wildman–Crippen LogP) is 5.73. The van der Waals surface area contributed by atoms with Gasteiger partial charge in [0, 0.05) is 11.1 Å². The second-order valence-corrected chi connectivity index (χ2v) is 9.07. The fraction of sp³-hybridized carbons (Fsp3) is 0.458. The van der Waals surface area contributed by atoms with Crippen LogP contribution in [0.2, 0.25) is 0 Å². The summed E-state index contributed by atoms with van der Waals surface area (Å²) in [4.78, 5) is 11.7. The topological polar surface area (TPSA) is 37.3 Å². The zero-order valence-electron chi connectivity index (χ0n) is 15.4. The number of hydrogen-bond acceptors (Lipinski definition) is 2. The van der Waals surface area contributed by atoms with Gasteiger partial charge in [0.15, 0.2) is 5.78 Å². The van der Waals surface area contributed by atoms with Gasteiger partial charge in [-0.15, -0.1) is 0 Å². The van der Waals surface area contributed by atoms with Gasteiger partial charge in [-0.1, -0.05) is 24.3 Å². The Hall–Kier alpha value is -2.09. The van der Waals surface area contributed by atoms with Gasteiger partial charge in [0.05, 0.1) is 0 Å². The molecule has 4 fully saturated rings. The molecule has 134 valence electrons. The molecule has 0 aliphatic heterocycles. The van der Waals surface area contributed by atoms with E-state index in [4.69, 9.17) is 0 Å². The molecule has 1 N–H and O–H groups in total. The highest BCUT2D eigenvalue weighted by molar-refractivity contribution is 5.95. The van der Waals surface area contributed by atoms with Crippen LogP contribution in [0.3, 0.4) is 0 Å². The van der Waals surface area contributed by atoms with Crippen LogP contribution < -0.4 is 0 Å². The van der Waals surface area contributed by atoms with Gasteiger partial charge in [-0.25, -0.2) is 0 Å². The number of ketones is 1. The van der Waals surface area contributed by atoms with Crippen molar-refractivity contribution in [1.82, 2.24) is 0 Å². The number of carbonyl (C=O) groups is 1. The fourth-order valence-electron chi connectivity index (χ4n) is 6.50. The summed E-state index contributed by atoms with van der Waals surface area (Å²) in [6.07, 6.45) is 7.93. The normalized spacial score (nSPS) is 32.0. The highest BCUT2D eigenvalue weighted by atomic mass is 16.3. The third kappa shape index (κ3) is 2.50. The van der Waals surface area contributed by atoms with E-state index in [1.54, 1.807) is 6.92 Å². The maximum absolute atomic E-state index is 11.7. The van der Waals surface area contributed by atoms with Gasteiger partial charge in [-0.3, -0.25) is 4.79 Å². The summed E-state index contributed by atoms with van der Waals surface area (Å²) >= 11 is 0. The van der Waals surface area contributed by atoms with Crippen LogP contribution in [0.4, 0.5) is 0 Å². The van der Waals surface area contributed by atoms with Crippen molar-refractivity contribution in [3.8, 4) is 16.9 Å². The molecule has 4 saturated carbocycles. The Morgan fingerprint density at radius 2 is 1.54 bits per heavy atom. The molecule has 0 amide bonds. The number of carbonyl (C=O) groups excluding carboxylic acids is 1. The first-order valence-corrected chi connectivity index (χ1v) is 9.97. The van der Waals surface area contributed by atoms with Crippen LogP contribution in [0, 0.1) is 17.8 Å². The molecule has 0 unspecified atom stereocenters. The third-order valence-electron chi connectivity index (χ3n) is 7.21. The second-order valence-electron chi connectivity index (χ2n) is 9.07. The summed E-state index contributed by atoms with van der Waals surface area (Å²) < 4.78 is 0. The first-order valence-electron chi connectivity index (χ1n) is 9.97. The molecule has 2 aromatic rings. The molecule has 0 heterocycles. The lowest BCUT2D eigenvalue weighted by Crippen LogP contribution is -2.48. The molecule has 4 aliphatic carbocycles. The van der Waals surface area contributed by atoms with Gasteiger partial charge in [0.1, 0.15) is 5.75 Å². The van der Waals surface area contributed by atoms with Crippen molar-refractivity contribution in [3.05, 3.63) is 53.6 Å². The average molecular weight is 346 g/mol. The number of rotatable bonds is 3. The van der Waals surface area contributed by atoms with Crippen molar-refractivity contribution < 1.29 is 9.90 Å². The predicted molar refractivity (Wildman–Crippen MR) is 103 cm³/mol. The van der Waals surface area contributed by atoms with Gasteiger partial charge in [0.2, 0.25) is 0 Å². The SMILES string of the molecule is CC(=O)c1cccc(-c2ccc(O)c(C34CC5CC(CC(C5)C3)C4)c2)c1. The molecule has 0 atom stereocenters. The molecule has 6 rings (SSSR count). The number of phenols is 1. The van der Waals surface area contributed by atoms with E-state index in [9.17, 15) is 9.90 Å². The van der Waals surface area contributed by atoms with Crippen LogP contribution in [0.5, 0.6) is 5.75 Å². The van der Waals surface area contributed by atoms with Crippen molar-refractivity contribution in [3.63, 3.8) is 0 Å². The zero-order chi connectivity index (χ0) is 17.9. The van der Waals surface area contributed by atoms with Crippen molar-refractivity contribution in [2.45, 2.75) is 50.9 Å². The molecule has 2 heteroatoms. The molecule has 2 nitrogen and oxygen atoms in total.